The molecule has 0 amide bonds. The molecule has 7 heteroatoms. The van der Waals surface area contributed by atoms with Crippen molar-refractivity contribution in [1.29, 1.82) is 5.26 Å². The Kier molecular flexibility index (Phi) is 6.99. The summed E-state index contributed by atoms with van der Waals surface area (Å²) in [4.78, 5) is 19.1. The molecular formula is C27H31N5O2. The first-order valence-electron chi connectivity index (χ1n) is 11.8. The monoisotopic (exact) mass is 457 g/mol. The zero-order valence-corrected chi connectivity index (χ0v) is 19.7. The molecule has 1 saturated heterocycles. The van der Waals surface area contributed by atoms with Crippen LogP contribution in [-0.2, 0) is 11.3 Å². The predicted octanol–water partition coefficient (Wildman–Crippen LogP) is 4.59. The molecule has 1 unspecified atom stereocenters. The Hall–Kier alpha value is -3.63. The molecule has 1 aliphatic rings. The number of nitriles is 1. The van der Waals surface area contributed by atoms with Crippen LogP contribution in [0.5, 0.6) is 0 Å². The zero-order chi connectivity index (χ0) is 24.1. The summed E-state index contributed by atoms with van der Waals surface area (Å²) in [5.74, 6) is -0.799. The van der Waals surface area contributed by atoms with Crippen LogP contribution in [0.2, 0.25) is 0 Å². The smallest absolute Gasteiger partial charge is 0.329 e. The minimum Gasteiger partial charge on any atom is -0.480 e. The molecule has 176 valence electrons. The van der Waals surface area contributed by atoms with Gasteiger partial charge in [0, 0.05) is 31.5 Å². The summed E-state index contributed by atoms with van der Waals surface area (Å²) < 4.78 is 2.15. The fourth-order valence-corrected chi connectivity index (χ4v) is 4.89. The van der Waals surface area contributed by atoms with Crippen molar-refractivity contribution in [1.82, 2.24) is 14.5 Å². The number of piperidine rings is 1. The van der Waals surface area contributed by atoms with E-state index in [1.807, 2.05) is 68.0 Å². The van der Waals surface area contributed by atoms with Crippen molar-refractivity contribution in [2.24, 2.45) is 0 Å². The van der Waals surface area contributed by atoms with Crippen LogP contribution in [0, 0.1) is 18.3 Å². The molecular weight excluding hydrogens is 426 g/mol. The van der Waals surface area contributed by atoms with Gasteiger partial charge in [-0.25, -0.2) is 9.78 Å². The minimum absolute atomic E-state index is 0.159. The lowest BCUT2D eigenvalue weighted by Crippen LogP contribution is -2.55. The topological polar surface area (TPSA) is 94.2 Å². The highest BCUT2D eigenvalue weighted by Gasteiger charge is 2.43. The van der Waals surface area contributed by atoms with Gasteiger partial charge in [0.25, 0.3) is 0 Å². The van der Waals surface area contributed by atoms with E-state index in [0.717, 1.165) is 28.9 Å². The SMILES string of the molecule is CCC(c1cncn1Cc1ccc(C#N)cc1)N1CCC(Nc2cccc(C)c2)(C(=O)O)CC1. The van der Waals surface area contributed by atoms with Crippen LogP contribution in [0.25, 0.3) is 0 Å². The second-order valence-electron chi connectivity index (χ2n) is 9.10. The molecule has 2 aromatic carbocycles. The second-order valence-corrected chi connectivity index (χ2v) is 9.10. The van der Waals surface area contributed by atoms with E-state index >= 15 is 0 Å². The van der Waals surface area contributed by atoms with Gasteiger partial charge in [0.15, 0.2) is 0 Å². The molecule has 7 nitrogen and oxygen atoms in total. The number of aliphatic carboxylic acids is 1. The summed E-state index contributed by atoms with van der Waals surface area (Å²) in [6.07, 6.45) is 5.72. The zero-order valence-electron chi connectivity index (χ0n) is 19.7. The van der Waals surface area contributed by atoms with E-state index < -0.39 is 11.5 Å². The van der Waals surface area contributed by atoms with Crippen molar-refractivity contribution in [2.45, 2.75) is 51.2 Å². The van der Waals surface area contributed by atoms with Gasteiger partial charge < -0.3 is 15.0 Å². The third-order valence-corrected chi connectivity index (χ3v) is 6.81. The number of carbonyl (C=O) groups is 1. The maximum Gasteiger partial charge on any atom is 0.329 e. The van der Waals surface area contributed by atoms with E-state index in [4.69, 9.17) is 5.26 Å². The van der Waals surface area contributed by atoms with Crippen molar-refractivity contribution >= 4 is 11.7 Å². The third kappa shape index (κ3) is 4.97. The number of carboxylic acids is 1. The van der Waals surface area contributed by atoms with Gasteiger partial charge in [-0.2, -0.15) is 5.26 Å². The van der Waals surface area contributed by atoms with E-state index in [2.05, 4.69) is 32.8 Å². The molecule has 4 rings (SSSR count). The standard InChI is InChI=1S/C27H31N5O2/c1-3-24(25-17-29-19-32(25)18-22-9-7-21(16-28)8-10-22)31-13-11-27(12-14-31,26(33)34)30-23-6-4-5-20(2)15-23/h4-10,15,17,19,24,30H,3,11-14,18H2,1-2H3,(H,33,34). The Bertz CT molecular complexity index is 1170. The normalized spacial score (nSPS) is 16.5. The molecule has 1 aliphatic heterocycles. The van der Waals surface area contributed by atoms with Crippen LogP contribution in [0.4, 0.5) is 5.69 Å². The van der Waals surface area contributed by atoms with Crippen molar-refractivity contribution < 1.29 is 9.90 Å². The molecule has 1 aromatic heterocycles. The Morgan fingerprint density at radius 3 is 2.59 bits per heavy atom. The number of benzene rings is 2. The molecule has 2 heterocycles. The fraction of sp³-hybridized carbons (Fsp3) is 0.370. The quantitative estimate of drug-likeness (QED) is 0.514. The average molecular weight is 458 g/mol. The van der Waals surface area contributed by atoms with Gasteiger partial charge in [-0.3, -0.25) is 4.90 Å². The first-order chi connectivity index (χ1) is 16.4. The Morgan fingerprint density at radius 1 is 1.24 bits per heavy atom. The van der Waals surface area contributed by atoms with Crippen LogP contribution in [0.3, 0.4) is 0 Å². The fourth-order valence-electron chi connectivity index (χ4n) is 4.89. The van der Waals surface area contributed by atoms with Crippen molar-refractivity contribution in [3.63, 3.8) is 0 Å². The number of aromatic nitrogens is 2. The van der Waals surface area contributed by atoms with Gasteiger partial charge in [0.1, 0.15) is 5.54 Å². The molecule has 0 bridgehead atoms. The lowest BCUT2D eigenvalue weighted by atomic mass is 9.86. The molecule has 2 N–H and O–H groups in total. The predicted molar refractivity (Wildman–Crippen MR) is 131 cm³/mol. The number of imidazole rings is 1. The van der Waals surface area contributed by atoms with Crippen molar-refractivity contribution in [3.8, 4) is 6.07 Å². The highest BCUT2D eigenvalue weighted by Crippen LogP contribution is 2.33. The van der Waals surface area contributed by atoms with E-state index in [-0.39, 0.29) is 6.04 Å². The van der Waals surface area contributed by atoms with Gasteiger partial charge in [-0.05, 0) is 61.6 Å². The van der Waals surface area contributed by atoms with Gasteiger partial charge in [0.2, 0.25) is 0 Å². The van der Waals surface area contributed by atoms with Gasteiger partial charge >= 0.3 is 5.97 Å². The van der Waals surface area contributed by atoms with E-state index in [0.29, 0.717) is 38.0 Å². The summed E-state index contributed by atoms with van der Waals surface area (Å²) in [5, 5.41) is 22.5. The van der Waals surface area contributed by atoms with E-state index in [1.165, 1.54) is 0 Å². The van der Waals surface area contributed by atoms with Crippen LogP contribution in [-0.4, -0.2) is 44.2 Å². The number of rotatable bonds is 8. The molecule has 1 atom stereocenters. The van der Waals surface area contributed by atoms with Crippen LogP contribution >= 0.6 is 0 Å². The highest BCUT2D eigenvalue weighted by molar-refractivity contribution is 5.83. The second kappa shape index (κ2) is 10.1. The molecule has 0 saturated carbocycles. The van der Waals surface area contributed by atoms with Crippen LogP contribution in [0.1, 0.15) is 54.6 Å². The molecule has 0 aliphatic carbocycles. The maximum absolute atomic E-state index is 12.3. The molecule has 34 heavy (non-hydrogen) atoms. The van der Waals surface area contributed by atoms with Gasteiger partial charge in [0.05, 0.1) is 29.7 Å². The first-order valence-corrected chi connectivity index (χ1v) is 11.8. The number of hydrogen-bond donors (Lipinski definition) is 2. The molecule has 3 aromatic rings. The van der Waals surface area contributed by atoms with Gasteiger partial charge in [-0.15, -0.1) is 0 Å². The maximum atomic E-state index is 12.3. The Balaban J connectivity index is 1.48. The highest BCUT2D eigenvalue weighted by atomic mass is 16.4. The van der Waals surface area contributed by atoms with E-state index in [1.54, 1.807) is 0 Å². The van der Waals surface area contributed by atoms with Crippen molar-refractivity contribution in [2.75, 3.05) is 18.4 Å². The third-order valence-electron chi connectivity index (χ3n) is 6.81. The van der Waals surface area contributed by atoms with Crippen LogP contribution in [0.15, 0.2) is 61.1 Å². The minimum atomic E-state index is -0.967. The first kappa shape index (κ1) is 23.5. The largest absolute Gasteiger partial charge is 0.480 e. The number of anilines is 1. The van der Waals surface area contributed by atoms with Crippen LogP contribution < -0.4 is 5.32 Å². The number of hydrogen-bond acceptors (Lipinski definition) is 5. The number of carboxylic acid groups (broad SMARTS) is 1. The lowest BCUT2D eigenvalue weighted by Gasteiger charge is -2.43. The number of aryl methyl sites for hydroxylation is 1. The summed E-state index contributed by atoms with van der Waals surface area (Å²) in [7, 11) is 0. The molecule has 0 radical (unpaired) electrons. The summed E-state index contributed by atoms with van der Waals surface area (Å²) in [6, 6.07) is 17.8. The summed E-state index contributed by atoms with van der Waals surface area (Å²) >= 11 is 0. The summed E-state index contributed by atoms with van der Waals surface area (Å²) in [5.41, 5.74) is 3.87. The number of likely N-dealkylation sites (tertiary alicyclic amines) is 1. The Morgan fingerprint density at radius 2 is 1.97 bits per heavy atom. The Labute approximate surface area is 200 Å². The molecule has 0 spiro atoms. The van der Waals surface area contributed by atoms with Crippen molar-refractivity contribution in [3.05, 3.63) is 83.4 Å². The van der Waals surface area contributed by atoms with E-state index in [9.17, 15) is 9.90 Å². The lowest BCUT2D eigenvalue weighted by molar-refractivity contribution is -0.144. The average Bonchev–Trinajstić information content (AvgIpc) is 3.29. The molecule has 1 fully saturated rings. The number of nitrogens with one attached hydrogen (secondary N) is 1. The van der Waals surface area contributed by atoms with Gasteiger partial charge in [-0.1, -0.05) is 31.2 Å². The number of nitrogens with zero attached hydrogens (tertiary/aromatic N) is 4. The summed E-state index contributed by atoms with van der Waals surface area (Å²) in [6.45, 7) is 6.22.